The van der Waals surface area contributed by atoms with Gasteiger partial charge in [-0.1, -0.05) is 30.3 Å². The average Bonchev–Trinajstić information content (AvgIpc) is 3.06. The van der Waals surface area contributed by atoms with Crippen LogP contribution in [-0.2, 0) is 0 Å². The minimum atomic E-state index is -2.65. The molecule has 4 rings (SSSR count). The second-order valence-electron chi connectivity index (χ2n) is 5.53. The summed E-state index contributed by atoms with van der Waals surface area (Å²) in [5, 5.41) is 4.45. The fourth-order valence-corrected chi connectivity index (χ4v) is 2.73. The molecule has 0 saturated heterocycles. The molecule has 2 heterocycles. The van der Waals surface area contributed by atoms with E-state index in [2.05, 4.69) is 10.1 Å². The molecule has 0 aliphatic rings. The number of hydrogen-bond donors (Lipinski definition) is 0. The first-order valence-electron chi connectivity index (χ1n) is 7.61. The van der Waals surface area contributed by atoms with E-state index in [4.69, 9.17) is 0 Å². The minimum Gasteiger partial charge on any atom is -0.228 e. The highest BCUT2D eigenvalue weighted by atomic mass is 19.3. The molecule has 0 aliphatic carbocycles. The lowest BCUT2D eigenvalue weighted by molar-refractivity contribution is 0.153. The molecule has 0 amide bonds. The SMILES string of the molecule is Fc1ccc(-n2ncc3c(C(F)F)cc(-c4ccccc4)nc32)cc1. The molecule has 0 unspecified atom stereocenters. The van der Waals surface area contributed by atoms with Crippen molar-refractivity contribution in [3.05, 3.63) is 78.2 Å². The van der Waals surface area contributed by atoms with Crippen molar-refractivity contribution < 1.29 is 13.2 Å². The van der Waals surface area contributed by atoms with Crippen LogP contribution < -0.4 is 0 Å². The summed E-state index contributed by atoms with van der Waals surface area (Å²) in [5.74, 6) is -0.383. The summed E-state index contributed by atoms with van der Waals surface area (Å²) in [7, 11) is 0. The van der Waals surface area contributed by atoms with Crippen LogP contribution in [0.5, 0.6) is 0 Å². The largest absolute Gasteiger partial charge is 0.264 e. The van der Waals surface area contributed by atoms with Crippen LogP contribution in [-0.4, -0.2) is 14.8 Å². The number of fused-ring (bicyclic) bond motifs is 1. The van der Waals surface area contributed by atoms with Gasteiger partial charge in [0.1, 0.15) is 5.82 Å². The molecule has 0 radical (unpaired) electrons. The van der Waals surface area contributed by atoms with Gasteiger partial charge in [-0.15, -0.1) is 0 Å². The van der Waals surface area contributed by atoms with Crippen LogP contribution in [0.1, 0.15) is 12.0 Å². The van der Waals surface area contributed by atoms with Gasteiger partial charge < -0.3 is 0 Å². The number of rotatable bonds is 3. The smallest absolute Gasteiger partial charge is 0.228 e. The standard InChI is InChI=1S/C19H12F3N3/c20-13-6-8-14(9-7-13)25-19-16(11-23-25)15(18(21)22)10-17(24-19)12-4-2-1-3-5-12/h1-11,18H. The maximum Gasteiger partial charge on any atom is 0.264 e. The van der Waals surface area contributed by atoms with Gasteiger partial charge in [0.2, 0.25) is 0 Å². The van der Waals surface area contributed by atoms with Gasteiger partial charge in [0.15, 0.2) is 5.65 Å². The van der Waals surface area contributed by atoms with E-state index in [1.807, 2.05) is 30.3 Å². The maximum absolute atomic E-state index is 13.5. The van der Waals surface area contributed by atoms with E-state index in [1.165, 1.54) is 41.2 Å². The number of hydrogen-bond acceptors (Lipinski definition) is 2. The van der Waals surface area contributed by atoms with Crippen LogP contribution in [0.3, 0.4) is 0 Å². The van der Waals surface area contributed by atoms with Gasteiger partial charge in [-0.05, 0) is 30.3 Å². The summed E-state index contributed by atoms with van der Waals surface area (Å²) in [6.07, 6.45) is -1.29. The summed E-state index contributed by atoms with van der Waals surface area (Å²) in [5.41, 5.74) is 1.90. The number of aromatic nitrogens is 3. The summed E-state index contributed by atoms with van der Waals surface area (Å²) in [4.78, 5) is 4.52. The highest BCUT2D eigenvalue weighted by Gasteiger charge is 2.19. The van der Waals surface area contributed by atoms with Crippen molar-refractivity contribution >= 4 is 11.0 Å². The summed E-state index contributed by atoms with van der Waals surface area (Å²) in [6.45, 7) is 0. The summed E-state index contributed by atoms with van der Waals surface area (Å²) >= 11 is 0. The molecule has 0 aliphatic heterocycles. The minimum absolute atomic E-state index is 0.128. The Balaban J connectivity index is 1.98. The van der Waals surface area contributed by atoms with Crippen molar-refractivity contribution in [2.24, 2.45) is 0 Å². The van der Waals surface area contributed by atoms with Crippen molar-refractivity contribution in [2.45, 2.75) is 6.43 Å². The van der Waals surface area contributed by atoms with Gasteiger partial charge in [0, 0.05) is 16.5 Å². The quantitative estimate of drug-likeness (QED) is 0.516. The zero-order valence-corrected chi connectivity index (χ0v) is 12.9. The van der Waals surface area contributed by atoms with Gasteiger partial charge in [0.05, 0.1) is 17.6 Å². The molecule has 2 aromatic heterocycles. The topological polar surface area (TPSA) is 30.7 Å². The van der Waals surface area contributed by atoms with Crippen molar-refractivity contribution in [2.75, 3.05) is 0 Å². The Morgan fingerprint density at radius 2 is 1.64 bits per heavy atom. The highest BCUT2D eigenvalue weighted by Crippen LogP contribution is 2.32. The summed E-state index contributed by atoms with van der Waals surface area (Å²) < 4.78 is 41.7. The first kappa shape index (κ1) is 15.4. The third-order valence-electron chi connectivity index (χ3n) is 3.95. The molecule has 0 bridgehead atoms. The second kappa shape index (κ2) is 6.05. The first-order valence-corrected chi connectivity index (χ1v) is 7.61. The molecule has 0 N–H and O–H groups in total. The molecule has 6 heteroatoms. The Morgan fingerprint density at radius 1 is 0.920 bits per heavy atom. The lowest BCUT2D eigenvalue weighted by atomic mass is 10.1. The highest BCUT2D eigenvalue weighted by molar-refractivity contribution is 5.83. The van der Waals surface area contributed by atoms with E-state index >= 15 is 0 Å². The monoisotopic (exact) mass is 339 g/mol. The zero-order chi connectivity index (χ0) is 17.4. The van der Waals surface area contributed by atoms with E-state index in [0.29, 0.717) is 17.0 Å². The van der Waals surface area contributed by atoms with Gasteiger partial charge in [-0.3, -0.25) is 0 Å². The third kappa shape index (κ3) is 2.76. The van der Waals surface area contributed by atoms with Crippen LogP contribution >= 0.6 is 0 Å². The molecule has 124 valence electrons. The predicted molar refractivity (Wildman–Crippen MR) is 89.2 cm³/mol. The van der Waals surface area contributed by atoms with E-state index < -0.39 is 6.43 Å². The lowest BCUT2D eigenvalue weighted by Crippen LogP contribution is -1.99. The molecule has 0 atom stereocenters. The van der Waals surface area contributed by atoms with Gasteiger partial charge in [0.25, 0.3) is 6.43 Å². The lowest BCUT2D eigenvalue weighted by Gasteiger charge is -2.08. The molecule has 2 aromatic carbocycles. The van der Waals surface area contributed by atoms with E-state index in [0.717, 1.165) is 5.56 Å². The summed E-state index contributed by atoms with van der Waals surface area (Å²) in [6, 6.07) is 16.1. The number of halogens is 3. The third-order valence-corrected chi connectivity index (χ3v) is 3.95. The number of benzene rings is 2. The number of nitrogens with zero attached hydrogens (tertiary/aromatic N) is 3. The van der Waals surface area contributed by atoms with Gasteiger partial charge >= 0.3 is 0 Å². The number of alkyl halides is 2. The molecule has 0 fully saturated rings. The van der Waals surface area contributed by atoms with Gasteiger partial charge in [-0.2, -0.15) is 5.10 Å². The molecule has 3 nitrogen and oxygen atoms in total. The Kier molecular flexibility index (Phi) is 3.72. The van der Waals surface area contributed by atoms with Gasteiger partial charge in [-0.25, -0.2) is 22.8 Å². The molecule has 4 aromatic rings. The Morgan fingerprint density at radius 3 is 2.32 bits per heavy atom. The molecular formula is C19H12F3N3. The van der Waals surface area contributed by atoms with Crippen LogP contribution in [0.2, 0.25) is 0 Å². The van der Waals surface area contributed by atoms with Crippen molar-refractivity contribution in [1.29, 1.82) is 0 Å². The fraction of sp³-hybridized carbons (Fsp3) is 0.0526. The molecule has 25 heavy (non-hydrogen) atoms. The van der Waals surface area contributed by atoms with E-state index in [-0.39, 0.29) is 16.8 Å². The Labute approximate surface area is 141 Å². The normalized spacial score (nSPS) is 11.4. The van der Waals surface area contributed by atoms with Crippen molar-refractivity contribution in [1.82, 2.24) is 14.8 Å². The zero-order valence-electron chi connectivity index (χ0n) is 12.9. The fourth-order valence-electron chi connectivity index (χ4n) is 2.73. The van der Waals surface area contributed by atoms with Crippen LogP contribution in [0, 0.1) is 5.82 Å². The molecule has 0 saturated carbocycles. The van der Waals surface area contributed by atoms with Crippen LogP contribution in [0.15, 0.2) is 66.9 Å². The predicted octanol–water partition coefficient (Wildman–Crippen LogP) is 5.16. The first-order chi connectivity index (χ1) is 12.1. The molecule has 0 spiro atoms. The van der Waals surface area contributed by atoms with Crippen LogP contribution in [0.25, 0.3) is 28.0 Å². The average molecular weight is 339 g/mol. The van der Waals surface area contributed by atoms with Crippen LogP contribution in [0.4, 0.5) is 13.2 Å². The number of pyridine rings is 1. The van der Waals surface area contributed by atoms with Crippen molar-refractivity contribution in [3.63, 3.8) is 0 Å². The van der Waals surface area contributed by atoms with E-state index in [9.17, 15) is 13.2 Å². The second-order valence-corrected chi connectivity index (χ2v) is 5.53. The molecular weight excluding hydrogens is 327 g/mol. The van der Waals surface area contributed by atoms with E-state index in [1.54, 1.807) is 0 Å². The Bertz CT molecular complexity index is 1030. The maximum atomic E-state index is 13.5. The van der Waals surface area contributed by atoms with Crippen molar-refractivity contribution in [3.8, 4) is 16.9 Å². The Hall–Kier alpha value is -3.15.